The average molecular weight is 250 g/mol. The number of amides is 2. The molecule has 2 aliphatic rings. The van der Waals surface area contributed by atoms with Gasteiger partial charge in [-0.3, -0.25) is 0 Å². The van der Waals surface area contributed by atoms with Crippen LogP contribution in [0.2, 0.25) is 0 Å². The lowest BCUT2D eigenvalue weighted by Crippen LogP contribution is -2.42. The predicted octanol–water partition coefficient (Wildman–Crippen LogP) is 3.81. The highest BCUT2D eigenvalue weighted by Gasteiger charge is 2.21. The molecule has 18 heavy (non-hydrogen) atoms. The molecule has 2 amide bonds. The Morgan fingerprint density at radius 1 is 1.11 bits per heavy atom. The van der Waals surface area contributed by atoms with Crippen LogP contribution in [0.1, 0.15) is 64.2 Å². The fourth-order valence-electron chi connectivity index (χ4n) is 3.05. The van der Waals surface area contributed by atoms with Crippen molar-refractivity contribution in [3.8, 4) is 0 Å². The highest BCUT2D eigenvalue weighted by atomic mass is 16.2. The van der Waals surface area contributed by atoms with Gasteiger partial charge in [0.15, 0.2) is 0 Å². The number of nitrogens with zero attached hydrogens (tertiary/aromatic N) is 1. The molecule has 1 N–H and O–H groups in total. The molecule has 0 aliphatic heterocycles. The van der Waals surface area contributed by atoms with E-state index in [1.54, 1.807) is 0 Å². The van der Waals surface area contributed by atoms with Crippen molar-refractivity contribution >= 4 is 6.03 Å². The van der Waals surface area contributed by atoms with E-state index in [1.165, 1.54) is 56.9 Å². The topological polar surface area (TPSA) is 32.3 Å². The number of hydrogen-bond donors (Lipinski definition) is 1. The van der Waals surface area contributed by atoms with Crippen LogP contribution in [0.4, 0.5) is 4.79 Å². The van der Waals surface area contributed by atoms with Crippen LogP contribution < -0.4 is 5.32 Å². The molecule has 0 aromatic rings. The van der Waals surface area contributed by atoms with E-state index < -0.39 is 0 Å². The molecular formula is C15H26N2O. The zero-order chi connectivity index (χ0) is 12.8. The van der Waals surface area contributed by atoms with Crippen molar-refractivity contribution in [1.82, 2.24) is 10.2 Å². The SMILES string of the molecule is CN(C(=O)NC=C1CCCCC1)C1CCCCC1. The van der Waals surface area contributed by atoms with Crippen molar-refractivity contribution < 1.29 is 4.79 Å². The first kappa shape index (κ1) is 13.4. The normalized spacial score (nSPS) is 21.5. The maximum absolute atomic E-state index is 12.1. The fraction of sp³-hybridized carbons (Fsp3) is 0.800. The fourth-order valence-corrected chi connectivity index (χ4v) is 3.05. The van der Waals surface area contributed by atoms with Crippen LogP contribution in [0.5, 0.6) is 0 Å². The number of carbonyl (C=O) groups is 1. The molecule has 0 atom stereocenters. The molecule has 0 aromatic heterocycles. The number of urea groups is 1. The molecule has 0 spiro atoms. The number of carbonyl (C=O) groups excluding carboxylic acids is 1. The summed E-state index contributed by atoms with van der Waals surface area (Å²) in [4.78, 5) is 14.0. The van der Waals surface area contributed by atoms with Crippen molar-refractivity contribution in [1.29, 1.82) is 0 Å². The molecule has 2 saturated carbocycles. The summed E-state index contributed by atoms with van der Waals surface area (Å²) in [5.41, 5.74) is 1.41. The van der Waals surface area contributed by atoms with Gasteiger partial charge in [-0.05, 0) is 38.5 Å². The summed E-state index contributed by atoms with van der Waals surface area (Å²) in [6, 6.07) is 0.517. The van der Waals surface area contributed by atoms with Crippen molar-refractivity contribution in [2.75, 3.05) is 7.05 Å². The van der Waals surface area contributed by atoms with Crippen molar-refractivity contribution in [2.24, 2.45) is 0 Å². The summed E-state index contributed by atoms with van der Waals surface area (Å²) >= 11 is 0. The van der Waals surface area contributed by atoms with Gasteiger partial charge in [0.2, 0.25) is 0 Å². The molecule has 2 rings (SSSR count). The molecule has 2 fully saturated rings. The molecule has 2 aliphatic carbocycles. The Morgan fingerprint density at radius 3 is 2.39 bits per heavy atom. The van der Waals surface area contributed by atoms with E-state index in [-0.39, 0.29) is 6.03 Å². The first-order chi connectivity index (χ1) is 8.77. The van der Waals surface area contributed by atoms with Crippen LogP contribution in [0, 0.1) is 0 Å². The van der Waals surface area contributed by atoms with E-state index >= 15 is 0 Å². The molecular weight excluding hydrogens is 224 g/mol. The van der Waals surface area contributed by atoms with Crippen LogP contribution >= 0.6 is 0 Å². The third-order valence-corrected chi connectivity index (χ3v) is 4.34. The second-order valence-corrected chi connectivity index (χ2v) is 5.72. The van der Waals surface area contributed by atoms with E-state index in [1.807, 2.05) is 18.1 Å². The average Bonchev–Trinajstić information content (AvgIpc) is 2.46. The molecule has 0 bridgehead atoms. The predicted molar refractivity (Wildman–Crippen MR) is 74.3 cm³/mol. The van der Waals surface area contributed by atoms with Gasteiger partial charge in [0.05, 0.1) is 0 Å². The maximum Gasteiger partial charge on any atom is 0.321 e. The minimum Gasteiger partial charge on any atom is -0.325 e. The van der Waals surface area contributed by atoms with Gasteiger partial charge in [-0.25, -0.2) is 4.79 Å². The van der Waals surface area contributed by atoms with Gasteiger partial charge in [0, 0.05) is 19.3 Å². The van der Waals surface area contributed by atoms with Gasteiger partial charge in [0.25, 0.3) is 0 Å². The Balaban J connectivity index is 1.79. The van der Waals surface area contributed by atoms with E-state index in [0.29, 0.717) is 6.04 Å². The smallest absolute Gasteiger partial charge is 0.321 e. The second-order valence-electron chi connectivity index (χ2n) is 5.72. The van der Waals surface area contributed by atoms with Crippen molar-refractivity contribution in [2.45, 2.75) is 70.3 Å². The van der Waals surface area contributed by atoms with Gasteiger partial charge in [0.1, 0.15) is 0 Å². The summed E-state index contributed by atoms with van der Waals surface area (Å²) in [5.74, 6) is 0. The molecule has 0 radical (unpaired) electrons. The zero-order valence-electron chi connectivity index (χ0n) is 11.6. The maximum atomic E-state index is 12.1. The zero-order valence-corrected chi connectivity index (χ0v) is 11.6. The molecule has 0 unspecified atom stereocenters. The van der Waals surface area contributed by atoms with Gasteiger partial charge in [-0.15, -0.1) is 0 Å². The lowest BCUT2D eigenvalue weighted by molar-refractivity contribution is 0.177. The van der Waals surface area contributed by atoms with Gasteiger partial charge in [-0.1, -0.05) is 31.3 Å². The van der Waals surface area contributed by atoms with Crippen LogP contribution in [-0.4, -0.2) is 24.0 Å². The third kappa shape index (κ3) is 3.76. The van der Waals surface area contributed by atoms with Gasteiger partial charge < -0.3 is 10.2 Å². The van der Waals surface area contributed by atoms with Crippen LogP contribution in [-0.2, 0) is 0 Å². The van der Waals surface area contributed by atoms with Crippen LogP contribution in [0.15, 0.2) is 11.8 Å². The van der Waals surface area contributed by atoms with Gasteiger partial charge >= 0.3 is 6.03 Å². The van der Waals surface area contributed by atoms with E-state index in [0.717, 1.165) is 12.8 Å². The molecule has 3 heteroatoms. The van der Waals surface area contributed by atoms with Crippen LogP contribution in [0.3, 0.4) is 0 Å². The minimum atomic E-state index is 0.0694. The second kappa shape index (κ2) is 6.81. The quantitative estimate of drug-likeness (QED) is 0.794. The Hall–Kier alpha value is -0.990. The standard InChI is InChI=1S/C15H26N2O/c1-17(14-10-6-3-7-11-14)15(18)16-12-13-8-4-2-5-9-13/h12,14H,2-11H2,1H3,(H,16,18). The van der Waals surface area contributed by atoms with E-state index in [9.17, 15) is 4.79 Å². The summed E-state index contributed by atoms with van der Waals surface area (Å²) in [5, 5.41) is 2.97. The number of hydrogen-bond acceptors (Lipinski definition) is 1. The lowest BCUT2D eigenvalue weighted by atomic mass is 9.94. The van der Waals surface area contributed by atoms with Crippen molar-refractivity contribution in [3.05, 3.63) is 11.8 Å². The summed E-state index contributed by atoms with van der Waals surface area (Å²) in [6.07, 6.45) is 14.4. The largest absolute Gasteiger partial charge is 0.325 e. The Morgan fingerprint density at radius 2 is 1.72 bits per heavy atom. The molecule has 3 nitrogen and oxygen atoms in total. The number of allylic oxidation sites excluding steroid dienone is 1. The molecule has 0 saturated heterocycles. The monoisotopic (exact) mass is 250 g/mol. The molecule has 102 valence electrons. The number of nitrogens with one attached hydrogen (secondary N) is 1. The van der Waals surface area contributed by atoms with E-state index in [2.05, 4.69) is 5.32 Å². The molecule has 0 aromatic carbocycles. The Bertz CT molecular complexity index is 298. The van der Waals surface area contributed by atoms with Crippen LogP contribution in [0.25, 0.3) is 0 Å². The minimum absolute atomic E-state index is 0.0694. The van der Waals surface area contributed by atoms with Gasteiger partial charge in [-0.2, -0.15) is 0 Å². The summed E-state index contributed by atoms with van der Waals surface area (Å²) < 4.78 is 0. The highest BCUT2D eigenvalue weighted by Crippen LogP contribution is 2.23. The Labute approximate surface area is 111 Å². The lowest BCUT2D eigenvalue weighted by Gasteiger charge is -2.31. The molecule has 0 heterocycles. The first-order valence-corrected chi connectivity index (χ1v) is 7.48. The Kier molecular flexibility index (Phi) is 5.09. The van der Waals surface area contributed by atoms with Crippen molar-refractivity contribution in [3.63, 3.8) is 0 Å². The third-order valence-electron chi connectivity index (χ3n) is 4.34. The first-order valence-electron chi connectivity index (χ1n) is 7.48. The summed E-state index contributed by atoms with van der Waals surface area (Å²) in [6.45, 7) is 0. The number of rotatable bonds is 2. The summed E-state index contributed by atoms with van der Waals surface area (Å²) in [7, 11) is 1.94. The highest BCUT2D eigenvalue weighted by molar-refractivity contribution is 5.75. The van der Waals surface area contributed by atoms with E-state index in [4.69, 9.17) is 0 Å².